The predicted molar refractivity (Wildman–Crippen MR) is 167 cm³/mol. The summed E-state index contributed by atoms with van der Waals surface area (Å²) in [7, 11) is 1.65. The molecular weight excluding hydrogens is 528 g/mol. The van der Waals surface area contributed by atoms with Gasteiger partial charge in [0.1, 0.15) is 0 Å². The van der Waals surface area contributed by atoms with E-state index >= 15 is 0 Å². The molecule has 41 heavy (non-hydrogen) atoms. The molecule has 0 amide bonds. The molecule has 0 radical (unpaired) electrons. The average Bonchev–Trinajstić information content (AvgIpc) is 3.61. The number of nitrogens with zero attached hydrogens (tertiary/aromatic N) is 3. The summed E-state index contributed by atoms with van der Waals surface area (Å²) >= 11 is 7.14. The first-order chi connectivity index (χ1) is 20.1. The van der Waals surface area contributed by atoms with Gasteiger partial charge in [0.25, 0.3) is 0 Å². The van der Waals surface area contributed by atoms with E-state index in [1.54, 1.807) is 7.11 Å². The minimum atomic E-state index is 0.462. The van der Waals surface area contributed by atoms with Gasteiger partial charge >= 0.3 is 0 Å². The highest BCUT2D eigenvalue weighted by atomic mass is 35.5. The zero-order valence-corrected chi connectivity index (χ0v) is 23.5. The standard InChI is InChI=1S/C35H27ClN4O/c1-22-18-19-29(41-2)35-38-30(39-40(22)35)20-26-27(36)21-28-33(31(26)23-12-6-3-7-13-23)32(24-14-8-4-9-15-24)34(37-28)25-16-10-5-11-17-25/h3-19,21,37H,20H2,1-2H3. The minimum Gasteiger partial charge on any atom is -0.493 e. The summed E-state index contributed by atoms with van der Waals surface area (Å²) in [5.41, 5.74) is 10.2. The molecule has 0 aliphatic heterocycles. The van der Waals surface area contributed by atoms with Crippen LogP contribution in [-0.2, 0) is 6.42 Å². The molecule has 7 rings (SSSR count). The van der Waals surface area contributed by atoms with Gasteiger partial charge in [0.05, 0.1) is 12.8 Å². The molecule has 0 fully saturated rings. The summed E-state index contributed by atoms with van der Waals surface area (Å²) < 4.78 is 7.41. The molecule has 3 aromatic heterocycles. The molecule has 200 valence electrons. The van der Waals surface area contributed by atoms with Crippen LogP contribution in [0.1, 0.15) is 17.1 Å². The summed E-state index contributed by atoms with van der Waals surface area (Å²) in [6.45, 7) is 2.01. The lowest BCUT2D eigenvalue weighted by Crippen LogP contribution is -1.99. The van der Waals surface area contributed by atoms with Crippen LogP contribution in [0.2, 0.25) is 5.02 Å². The third-order valence-electron chi connectivity index (χ3n) is 7.56. The highest BCUT2D eigenvalue weighted by Crippen LogP contribution is 2.46. The molecular formula is C35H27ClN4O. The number of aryl methyl sites for hydroxylation is 1. The highest BCUT2D eigenvalue weighted by Gasteiger charge is 2.24. The fraction of sp³-hybridized carbons (Fsp3) is 0.0857. The predicted octanol–water partition coefficient (Wildman–Crippen LogP) is 8.77. The molecule has 0 aliphatic carbocycles. The van der Waals surface area contributed by atoms with Gasteiger partial charge in [0.15, 0.2) is 17.2 Å². The summed E-state index contributed by atoms with van der Waals surface area (Å²) in [5, 5.41) is 6.65. The zero-order valence-electron chi connectivity index (χ0n) is 22.7. The molecule has 4 aromatic carbocycles. The van der Waals surface area contributed by atoms with Crippen molar-refractivity contribution >= 4 is 28.2 Å². The molecule has 0 bridgehead atoms. The number of aromatic amines is 1. The van der Waals surface area contributed by atoms with Crippen molar-refractivity contribution < 1.29 is 4.74 Å². The van der Waals surface area contributed by atoms with Crippen LogP contribution < -0.4 is 4.74 Å². The van der Waals surface area contributed by atoms with Gasteiger partial charge in [-0.25, -0.2) is 9.50 Å². The van der Waals surface area contributed by atoms with Crippen molar-refractivity contribution in [3.63, 3.8) is 0 Å². The number of benzene rings is 4. The molecule has 0 unspecified atom stereocenters. The number of nitrogens with one attached hydrogen (secondary N) is 1. The second-order valence-corrected chi connectivity index (χ2v) is 10.5. The van der Waals surface area contributed by atoms with E-state index < -0.39 is 0 Å². The van der Waals surface area contributed by atoms with Gasteiger partial charge in [-0.1, -0.05) is 103 Å². The fourth-order valence-corrected chi connectivity index (χ4v) is 5.95. The number of rotatable bonds is 6. The average molecular weight is 555 g/mol. The molecule has 0 saturated heterocycles. The molecule has 0 saturated carbocycles. The number of methoxy groups -OCH3 is 1. The van der Waals surface area contributed by atoms with E-state index in [0.717, 1.165) is 55.7 Å². The monoisotopic (exact) mass is 554 g/mol. The van der Waals surface area contributed by atoms with Crippen molar-refractivity contribution in [2.75, 3.05) is 7.11 Å². The second-order valence-electron chi connectivity index (χ2n) is 10.1. The Morgan fingerprint density at radius 2 is 1.39 bits per heavy atom. The van der Waals surface area contributed by atoms with Crippen molar-refractivity contribution in [3.8, 4) is 39.3 Å². The number of aromatic nitrogens is 4. The molecule has 7 aromatic rings. The van der Waals surface area contributed by atoms with Gasteiger partial charge in [-0.2, -0.15) is 5.10 Å². The van der Waals surface area contributed by atoms with Gasteiger partial charge in [0.2, 0.25) is 0 Å². The van der Waals surface area contributed by atoms with Crippen LogP contribution in [-0.4, -0.2) is 26.7 Å². The van der Waals surface area contributed by atoms with Gasteiger partial charge in [0, 0.05) is 33.6 Å². The van der Waals surface area contributed by atoms with Crippen LogP contribution in [0.25, 0.3) is 50.1 Å². The molecule has 3 heterocycles. The zero-order chi connectivity index (χ0) is 27.9. The maximum atomic E-state index is 7.14. The number of halogens is 1. The summed E-state index contributed by atoms with van der Waals surface area (Å²) in [4.78, 5) is 8.62. The maximum absolute atomic E-state index is 7.14. The highest BCUT2D eigenvalue weighted by molar-refractivity contribution is 6.33. The lowest BCUT2D eigenvalue weighted by Gasteiger charge is -2.15. The van der Waals surface area contributed by atoms with Gasteiger partial charge in [-0.05, 0) is 52.9 Å². The Kier molecular flexibility index (Phi) is 6.29. The van der Waals surface area contributed by atoms with E-state index in [2.05, 4.69) is 77.8 Å². The van der Waals surface area contributed by atoms with E-state index in [1.807, 2.05) is 47.8 Å². The number of H-pyrrole nitrogens is 1. The third-order valence-corrected chi connectivity index (χ3v) is 7.90. The normalized spacial score (nSPS) is 11.4. The molecule has 1 N–H and O–H groups in total. The van der Waals surface area contributed by atoms with Crippen LogP contribution in [0.15, 0.2) is 109 Å². The Hall–Kier alpha value is -4.87. The second kappa shape index (κ2) is 10.3. The Labute approximate surface area is 243 Å². The SMILES string of the molecule is COc1ccc(C)n2nc(Cc3c(Cl)cc4[nH]c(-c5ccccc5)c(-c5ccccc5)c4c3-c3ccccc3)nc12. The van der Waals surface area contributed by atoms with Crippen molar-refractivity contribution in [2.24, 2.45) is 0 Å². The number of pyridine rings is 1. The lowest BCUT2D eigenvalue weighted by molar-refractivity contribution is 0.416. The Bertz CT molecular complexity index is 2010. The number of ether oxygens (including phenoxy) is 1. The van der Waals surface area contributed by atoms with Crippen molar-refractivity contribution in [1.29, 1.82) is 0 Å². The van der Waals surface area contributed by atoms with E-state index in [-0.39, 0.29) is 0 Å². The van der Waals surface area contributed by atoms with Crippen molar-refractivity contribution in [3.05, 3.63) is 131 Å². The van der Waals surface area contributed by atoms with Crippen LogP contribution in [0.4, 0.5) is 0 Å². The third kappa shape index (κ3) is 4.35. The lowest BCUT2D eigenvalue weighted by atomic mass is 9.89. The maximum Gasteiger partial charge on any atom is 0.198 e. The number of hydrogen-bond acceptors (Lipinski definition) is 3. The topological polar surface area (TPSA) is 55.2 Å². The molecule has 0 aliphatic rings. The Morgan fingerprint density at radius 3 is 2.02 bits per heavy atom. The molecule has 6 heteroatoms. The van der Waals surface area contributed by atoms with Crippen molar-refractivity contribution in [2.45, 2.75) is 13.3 Å². The van der Waals surface area contributed by atoms with E-state index in [1.165, 1.54) is 0 Å². The van der Waals surface area contributed by atoms with Crippen LogP contribution in [0.3, 0.4) is 0 Å². The van der Waals surface area contributed by atoms with Crippen LogP contribution in [0, 0.1) is 6.92 Å². The van der Waals surface area contributed by atoms with E-state index in [4.69, 9.17) is 26.4 Å². The van der Waals surface area contributed by atoms with Gasteiger partial charge in [-0.3, -0.25) is 0 Å². The molecule has 0 spiro atoms. The van der Waals surface area contributed by atoms with Gasteiger partial charge < -0.3 is 9.72 Å². The molecule has 5 nitrogen and oxygen atoms in total. The first-order valence-corrected chi connectivity index (χ1v) is 13.9. The summed E-state index contributed by atoms with van der Waals surface area (Å²) in [6.07, 6.45) is 0.462. The Morgan fingerprint density at radius 1 is 0.780 bits per heavy atom. The Balaban J connectivity index is 1.54. The largest absolute Gasteiger partial charge is 0.493 e. The first-order valence-electron chi connectivity index (χ1n) is 13.5. The quantitative estimate of drug-likeness (QED) is 0.223. The summed E-state index contributed by atoms with van der Waals surface area (Å²) in [5.74, 6) is 1.36. The fourth-order valence-electron chi connectivity index (χ4n) is 5.68. The smallest absolute Gasteiger partial charge is 0.198 e. The van der Waals surface area contributed by atoms with E-state index in [9.17, 15) is 0 Å². The number of hydrogen-bond donors (Lipinski definition) is 1. The van der Waals surface area contributed by atoms with E-state index in [0.29, 0.717) is 28.7 Å². The van der Waals surface area contributed by atoms with Crippen LogP contribution in [0.5, 0.6) is 5.75 Å². The van der Waals surface area contributed by atoms with Crippen molar-refractivity contribution in [1.82, 2.24) is 19.6 Å². The first kappa shape index (κ1) is 25.1. The molecule has 0 atom stereocenters. The van der Waals surface area contributed by atoms with Gasteiger partial charge in [-0.15, -0.1) is 0 Å². The minimum absolute atomic E-state index is 0.462. The number of fused-ring (bicyclic) bond motifs is 2. The summed E-state index contributed by atoms with van der Waals surface area (Å²) in [6, 6.07) is 37.4. The van der Waals surface area contributed by atoms with Crippen LogP contribution >= 0.6 is 11.6 Å².